The Balaban J connectivity index is 2.55. The van der Waals surface area contributed by atoms with Crippen LogP contribution in [0.25, 0.3) is 5.82 Å². The topological polar surface area (TPSA) is 47.8 Å². The summed E-state index contributed by atoms with van der Waals surface area (Å²) in [6.45, 7) is 6.19. The maximum atomic E-state index is 11.7. The zero-order valence-electron chi connectivity index (χ0n) is 10.2. The lowest BCUT2D eigenvalue weighted by atomic mass is 9.93. The molecule has 2 aromatic heterocycles. The molecule has 4 nitrogen and oxygen atoms in total. The van der Waals surface area contributed by atoms with E-state index < -0.39 is 0 Å². The molecule has 2 aromatic rings. The summed E-state index contributed by atoms with van der Waals surface area (Å²) >= 11 is 0. The minimum atomic E-state index is -0.104. The largest absolute Gasteiger partial charge is 0.269 e. The van der Waals surface area contributed by atoms with Crippen molar-refractivity contribution >= 4 is 0 Å². The zero-order chi connectivity index (χ0) is 12.5. The van der Waals surface area contributed by atoms with E-state index in [1.165, 1.54) is 10.6 Å². The molecule has 0 radical (unpaired) electrons. The molecular weight excluding hydrogens is 214 g/mol. The van der Waals surface area contributed by atoms with Gasteiger partial charge in [-0.3, -0.25) is 14.3 Å². The molecule has 0 N–H and O–H groups in total. The van der Waals surface area contributed by atoms with Gasteiger partial charge in [-0.05, 0) is 6.07 Å². The van der Waals surface area contributed by atoms with Gasteiger partial charge in [0.05, 0.1) is 11.9 Å². The molecule has 17 heavy (non-hydrogen) atoms. The number of hydrogen-bond acceptors (Lipinski definition) is 3. The van der Waals surface area contributed by atoms with Gasteiger partial charge in [0.1, 0.15) is 0 Å². The van der Waals surface area contributed by atoms with Crippen LogP contribution in [0.2, 0.25) is 0 Å². The van der Waals surface area contributed by atoms with E-state index in [1.807, 2.05) is 0 Å². The monoisotopic (exact) mass is 229 g/mol. The summed E-state index contributed by atoms with van der Waals surface area (Å²) < 4.78 is 1.49. The van der Waals surface area contributed by atoms with E-state index in [0.29, 0.717) is 5.82 Å². The van der Waals surface area contributed by atoms with Crippen LogP contribution in [0.1, 0.15) is 26.5 Å². The van der Waals surface area contributed by atoms with E-state index in [-0.39, 0.29) is 11.0 Å². The van der Waals surface area contributed by atoms with Crippen molar-refractivity contribution in [3.8, 4) is 5.82 Å². The smallest absolute Gasteiger partial charge is 0.256 e. The lowest BCUT2D eigenvalue weighted by Crippen LogP contribution is -2.20. The highest BCUT2D eigenvalue weighted by molar-refractivity contribution is 5.23. The van der Waals surface area contributed by atoms with Gasteiger partial charge < -0.3 is 0 Å². The Bertz CT molecular complexity index is 581. The quantitative estimate of drug-likeness (QED) is 0.750. The molecule has 2 heterocycles. The summed E-state index contributed by atoms with van der Waals surface area (Å²) in [5.74, 6) is 0.558. The van der Waals surface area contributed by atoms with Gasteiger partial charge in [0, 0.05) is 23.9 Å². The zero-order valence-corrected chi connectivity index (χ0v) is 10.2. The molecule has 2 rings (SSSR count). The van der Waals surface area contributed by atoms with Crippen LogP contribution >= 0.6 is 0 Å². The first-order chi connectivity index (χ1) is 7.98. The summed E-state index contributed by atoms with van der Waals surface area (Å²) in [5.41, 5.74) is 0.681. The number of hydrogen-bond donors (Lipinski definition) is 0. The Morgan fingerprint density at radius 3 is 2.59 bits per heavy atom. The van der Waals surface area contributed by atoms with Gasteiger partial charge in [0.25, 0.3) is 5.56 Å². The average molecular weight is 229 g/mol. The second-order valence-corrected chi connectivity index (χ2v) is 4.92. The predicted octanol–water partition coefficient (Wildman–Crippen LogP) is 1.92. The minimum absolute atomic E-state index is 0.0819. The maximum Gasteiger partial charge on any atom is 0.256 e. The summed E-state index contributed by atoms with van der Waals surface area (Å²) in [5, 5.41) is 0. The number of aromatic nitrogens is 3. The van der Waals surface area contributed by atoms with Crippen molar-refractivity contribution in [1.82, 2.24) is 14.5 Å². The molecule has 0 atom stereocenters. The van der Waals surface area contributed by atoms with Crippen LogP contribution in [0.15, 0.2) is 41.6 Å². The lowest BCUT2D eigenvalue weighted by molar-refractivity contribution is 0.563. The van der Waals surface area contributed by atoms with Crippen LogP contribution in [0.3, 0.4) is 0 Å². The molecule has 0 saturated heterocycles. The van der Waals surface area contributed by atoms with Gasteiger partial charge in [-0.15, -0.1) is 0 Å². The summed E-state index contributed by atoms with van der Waals surface area (Å²) in [6.07, 6.45) is 5.02. The first kappa shape index (κ1) is 11.5. The molecule has 4 heteroatoms. The van der Waals surface area contributed by atoms with Crippen molar-refractivity contribution in [3.05, 3.63) is 52.8 Å². The third-order valence-electron chi connectivity index (χ3n) is 2.46. The third-order valence-corrected chi connectivity index (χ3v) is 2.46. The second-order valence-electron chi connectivity index (χ2n) is 4.92. The molecule has 0 aliphatic carbocycles. The molecule has 0 aliphatic heterocycles. The molecule has 0 aliphatic rings. The Morgan fingerprint density at radius 1 is 1.18 bits per heavy atom. The number of rotatable bonds is 1. The highest BCUT2D eigenvalue weighted by Crippen LogP contribution is 2.19. The fourth-order valence-electron chi connectivity index (χ4n) is 1.45. The Labute approximate surface area is 100.0 Å². The lowest BCUT2D eigenvalue weighted by Gasteiger charge is -2.17. The predicted molar refractivity (Wildman–Crippen MR) is 66.3 cm³/mol. The van der Waals surface area contributed by atoms with E-state index >= 15 is 0 Å². The molecule has 0 spiro atoms. The van der Waals surface area contributed by atoms with E-state index in [2.05, 4.69) is 30.7 Å². The average Bonchev–Trinajstić information content (AvgIpc) is 2.29. The number of pyridine rings is 1. The van der Waals surface area contributed by atoms with E-state index in [9.17, 15) is 4.79 Å². The molecule has 88 valence electrons. The van der Waals surface area contributed by atoms with E-state index in [1.54, 1.807) is 30.7 Å². The van der Waals surface area contributed by atoms with Crippen molar-refractivity contribution in [2.24, 2.45) is 0 Å². The Kier molecular flexibility index (Phi) is 2.79. The molecule has 0 amide bonds. The van der Waals surface area contributed by atoms with Crippen LogP contribution in [0.4, 0.5) is 0 Å². The first-order valence-corrected chi connectivity index (χ1v) is 5.49. The second kappa shape index (κ2) is 4.13. The SMILES string of the molecule is CC(C)(C)c1cncc(-n2ccccc2=O)n1. The van der Waals surface area contributed by atoms with Crippen molar-refractivity contribution < 1.29 is 0 Å². The van der Waals surface area contributed by atoms with Gasteiger partial charge in [-0.1, -0.05) is 26.8 Å². The Morgan fingerprint density at radius 2 is 1.94 bits per heavy atom. The fourth-order valence-corrected chi connectivity index (χ4v) is 1.45. The van der Waals surface area contributed by atoms with Gasteiger partial charge in [-0.2, -0.15) is 0 Å². The van der Waals surface area contributed by atoms with Crippen molar-refractivity contribution in [3.63, 3.8) is 0 Å². The fraction of sp³-hybridized carbons (Fsp3) is 0.308. The molecule has 0 fully saturated rings. The van der Waals surface area contributed by atoms with Gasteiger partial charge in [-0.25, -0.2) is 4.98 Å². The van der Waals surface area contributed by atoms with Crippen molar-refractivity contribution in [2.75, 3.05) is 0 Å². The van der Waals surface area contributed by atoms with Crippen LogP contribution in [0, 0.1) is 0 Å². The van der Waals surface area contributed by atoms with Crippen LogP contribution in [-0.2, 0) is 5.41 Å². The highest BCUT2D eigenvalue weighted by atomic mass is 16.1. The molecule has 0 unspecified atom stereocenters. The molecule has 0 saturated carbocycles. The summed E-state index contributed by atoms with van der Waals surface area (Å²) in [4.78, 5) is 20.3. The molecule has 0 aromatic carbocycles. The molecular formula is C13H15N3O. The molecule has 0 bridgehead atoms. The van der Waals surface area contributed by atoms with Crippen molar-refractivity contribution in [1.29, 1.82) is 0 Å². The van der Waals surface area contributed by atoms with Gasteiger partial charge >= 0.3 is 0 Å². The van der Waals surface area contributed by atoms with Crippen LogP contribution < -0.4 is 5.56 Å². The highest BCUT2D eigenvalue weighted by Gasteiger charge is 2.16. The summed E-state index contributed by atoms with van der Waals surface area (Å²) in [7, 11) is 0. The third kappa shape index (κ3) is 2.41. The minimum Gasteiger partial charge on any atom is -0.269 e. The first-order valence-electron chi connectivity index (χ1n) is 5.49. The standard InChI is InChI=1S/C13H15N3O/c1-13(2,3)10-8-14-9-11(15-10)16-7-5-4-6-12(16)17/h4-9H,1-3H3. The maximum absolute atomic E-state index is 11.7. The number of nitrogens with zero attached hydrogens (tertiary/aromatic N) is 3. The Hall–Kier alpha value is -1.97. The van der Waals surface area contributed by atoms with Gasteiger partial charge in [0.15, 0.2) is 5.82 Å². The van der Waals surface area contributed by atoms with Gasteiger partial charge in [0.2, 0.25) is 0 Å². The van der Waals surface area contributed by atoms with Crippen LogP contribution in [0.5, 0.6) is 0 Å². The van der Waals surface area contributed by atoms with Crippen LogP contribution in [-0.4, -0.2) is 14.5 Å². The van der Waals surface area contributed by atoms with Crippen molar-refractivity contribution in [2.45, 2.75) is 26.2 Å². The van der Waals surface area contributed by atoms with E-state index in [0.717, 1.165) is 5.69 Å². The summed E-state index contributed by atoms with van der Waals surface area (Å²) in [6, 6.07) is 5.01. The normalized spacial score (nSPS) is 11.5. The van der Waals surface area contributed by atoms with E-state index in [4.69, 9.17) is 0 Å².